The van der Waals surface area contributed by atoms with E-state index in [-0.39, 0.29) is 6.42 Å². The molecule has 28 heavy (non-hydrogen) atoms. The summed E-state index contributed by atoms with van der Waals surface area (Å²) in [4.78, 5) is 28.3. The van der Waals surface area contributed by atoms with Crippen LogP contribution >= 0.6 is 11.3 Å². The van der Waals surface area contributed by atoms with Crippen molar-refractivity contribution in [2.75, 3.05) is 0 Å². The maximum absolute atomic E-state index is 12.5. The number of amides is 1. The van der Waals surface area contributed by atoms with Crippen LogP contribution in [0.3, 0.4) is 0 Å². The lowest BCUT2D eigenvalue weighted by Gasteiger charge is -2.13. The van der Waals surface area contributed by atoms with Crippen molar-refractivity contribution in [3.8, 4) is 11.8 Å². The van der Waals surface area contributed by atoms with Gasteiger partial charge in [0, 0.05) is 23.5 Å². The molecule has 1 unspecified atom stereocenters. The maximum Gasteiger partial charge on any atom is 0.326 e. The van der Waals surface area contributed by atoms with Crippen LogP contribution in [0.25, 0.3) is 10.9 Å². The van der Waals surface area contributed by atoms with E-state index >= 15 is 0 Å². The lowest BCUT2D eigenvalue weighted by Crippen LogP contribution is -2.42. The van der Waals surface area contributed by atoms with Gasteiger partial charge in [-0.1, -0.05) is 30.0 Å². The molecule has 0 fully saturated rings. The van der Waals surface area contributed by atoms with E-state index in [1.54, 1.807) is 32.2 Å². The van der Waals surface area contributed by atoms with Crippen LogP contribution in [0, 0.1) is 11.8 Å². The third-order valence-corrected chi connectivity index (χ3v) is 5.02. The fourth-order valence-electron chi connectivity index (χ4n) is 2.69. The Balaban J connectivity index is 1.74. The Labute approximate surface area is 166 Å². The zero-order valence-electron chi connectivity index (χ0n) is 15.4. The van der Waals surface area contributed by atoms with Crippen molar-refractivity contribution < 1.29 is 19.8 Å². The molecule has 7 heteroatoms. The van der Waals surface area contributed by atoms with Crippen molar-refractivity contribution in [1.82, 2.24) is 10.3 Å². The lowest BCUT2D eigenvalue weighted by molar-refractivity contribution is -0.139. The highest BCUT2D eigenvalue weighted by Gasteiger charge is 2.23. The second-order valence-electron chi connectivity index (χ2n) is 6.90. The van der Waals surface area contributed by atoms with Gasteiger partial charge in [-0.2, -0.15) is 0 Å². The number of hydrogen-bond acceptors (Lipinski definition) is 4. The molecule has 0 bridgehead atoms. The molecule has 1 atom stereocenters. The Morgan fingerprint density at radius 3 is 2.71 bits per heavy atom. The molecule has 4 N–H and O–H groups in total. The quantitative estimate of drug-likeness (QED) is 0.498. The average molecular weight is 396 g/mol. The minimum absolute atomic E-state index is 0.168. The molecule has 144 valence electrons. The van der Waals surface area contributed by atoms with Gasteiger partial charge in [0.2, 0.25) is 0 Å². The van der Waals surface area contributed by atoms with Crippen LogP contribution in [0.4, 0.5) is 0 Å². The molecule has 2 aromatic heterocycles. The smallest absolute Gasteiger partial charge is 0.326 e. The summed E-state index contributed by atoms with van der Waals surface area (Å²) < 4.78 is 0. The Morgan fingerprint density at radius 2 is 2.00 bits per heavy atom. The number of carboxylic acid groups (broad SMARTS) is 1. The number of carbonyl (C=O) groups is 2. The molecule has 0 saturated carbocycles. The van der Waals surface area contributed by atoms with Gasteiger partial charge in [0.1, 0.15) is 11.6 Å². The molecule has 1 amide bonds. The molecule has 0 radical (unpaired) electrons. The molecular weight excluding hydrogens is 376 g/mol. The van der Waals surface area contributed by atoms with Crippen molar-refractivity contribution in [3.05, 3.63) is 57.9 Å². The molecule has 3 rings (SSSR count). The number of thiophene rings is 1. The van der Waals surface area contributed by atoms with Gasteiger partial charge in [-0.15, -0.1) is 11.3 Å². The van der Waals surface area contributed by atoms with Gasteiger partial charge >= 0.3 is 5.97 Å². The highest BCUT2D eigenvalue weighted by molar-refractivity contribution is 7.14. The van der Waals surface area contributed by atoms with Crippen molar-refractivity contribution in [2.45, 2.75) is 31.9 Å². The standard InChI is InChI=1S/C21H20N2O4S/c1-21(2,27)10-9-14-7-8-18(28-14)19(24)23-17(20(25)26)11-13-12-22-16-6-4-3-5-15(13)16/h3-8,12,17,22,27H,11H2,1-2H3,(H,23,24)(H,25,26). The number of carboxylic acids is 1. The minimum atomic E-state index is -1.12. The number of para-hydroxylation sites is 1. The van der Waals surface area contributed by atoms with Crippen molar-refractivity contribution in [2.24, 2.45) is 0 Å². The number of aliphatic hydroxyl groups is 1. The Morgan fingerprint density at radius 1 is 1.25 bits per heavy atom. The molecule has 2 heterocycles. The zero-order valence-corrected chi connectivity index (χ0v) is 16.3. The fraction of sp³-hybridized carbons (Fsp3) is 0.238. The predicted octanol–water partition coefficient (Wildman–Crippen LogP) is 2.78. The lowest BCUT2D eigenvalue weighted by atomic mass is 10.0. The summed E-state index contributed by atoms with van der Waals surface area (Å²) in [6.45, 7) is 3.15. The first-order valence-corrected chi connectivity index (χ1v) is 9.48. The first-order valence-electron chi connectivity index (χ1n) is 8.67. The number of nitrogens with one attached hydrogen (secondary N) is 2. The molecular formula is C21H20N2O4S. The summed E-state index contributed by atoms with van der Waals surface area (Å²) in [5, 5.41) is 22.7. The zero-order chi connectivity index (χ0) is 20.3. The average Bonchev–Trinajstić information content (AvgIpc) is 3.26. The molecule has 1 aromatic carbocycles. The van der Waals surface area contributed by atoms with Crippen LogP contribution in [-0.4, -0.2) is 38.7 Å². The summed E-state index contributed by atoms with van der Waals surface area (Å²) in [5.74, 6) is 3.93. The Kier molecular flexibility index (Phi) is 5.54. The van der Waals surface area contributed by atoms with E-state index < -0.39 is 23.5 Å². The summed E-state index contributed by atoms with van der Waals surface area (Å²) in [6, 6.07) is 9.82. The molecule has 6 nitrogen and oxygen atoms in total. The van der Waals surface area contributed by atoms with Gasteiger partial charge < -0.3 is 20.5 Å². The van der Waals surface area contributed by atoms with Gasteiger partial charge in [0.15, 0.2) is 0 Å². The SMILES string of the molecule is CC(C)(O)C#Cc1ccc(C(=O)NC(Cc2c[nH]c3ccccc23)C(=O)O)s1. The van der Waals surface area contributed by atoms with Gasteiger partial charge in [0.25, 0.3) is 5.91 Å². The number of hydrogen-bond donors (Lipinski definition) is 4. The summed E-state index contributed by atoms with van der Waals surface area (Å²) in [7, 11) is 0. The largest absolute Gasteiger partial charge is 0.480 e. The maximum atomic E-state index is 12.5. The number of aromatic amines is 1. The summed E-state index contributed by atoms with van der Waals surface area (Å²) in [6.07, 6.45) is 1.93. The van der Waals surface area contributed by atoms with E-state index in [2.05, 4.69) is 22.1 Å². The van der Waals surface area contributed by atoms with Crippen molar-refractivity contribution in [1.29, 1.82) is 0 Å². The van der Waals surface area contributed by atoms with Crippen molar-refractivity contribution >= 4 is 34.1 Å². The summed E-state index contributed by atoms with van der Waals surface area (Å²) >= 11 is 1.15. The van der Waals surface area contributed by atoms with E-state index in [1.807, 2.05) is 24.3 Å². The van der Waals surface area contributed by atoms with Crippen LogP contribution in [0.1, 0.15) is 34.0 Å². The summed E-state index contributed by atoms with van der Waals surface area (Å²) in [5.41, 5.74) is 0.618. The highest BCUT2D eigenvalue weighted by Crippen LogP contribution is 2.20. The fourth-order valence-corrected chi connectivity index (χ4v) is 3.45. The number of H-pyrrole nitrogens is 1. The van der Waals surface area contributed by atoms with Crippen LogP contribution in [-0.2, 0) is 11.2 Å². The van der Waals surface area contributed by atoms with E-state index in [1.165, 1.54) is 0 Å². The second-order valence-corrected chi connectivity index (χ2v) is 7.98. The molecule has 0 spiro atoms. The normalized spacial score (nSPS) is 12.2. The van der Waals surface area contributed by atoms with Crippen LogP contribution in [0.2, 0.25) is 0 Å². The first kappa shape index (κ1) is 19.7. The number of rotatable bonds is 5. The van der Waals surface area contributed by atoms with Crippen LogP contribution in [0.5, 0.6) is 0 Å². The number of fused-ring (bicyclic) bond motifs is 1. The van der Waals surface area contributed by atoms with E-state index in [9.17, 15) is 19.8 Å². The molecule has 0 aliphatic carbocycles. The molecule has 0 aliphatic rings. The Hall–Kier alpha value is -3.08. The monoisotopic (exact) mass is 396 g/mol. The van der Waals surface area contributed by atoms with Crippen molar-refractivity contribution in [3.63, 3.8) is 0 Å². The predicted molar refractivity (Wildman–Crippen MR) is 108 cm³/mol. The van der Waals surface area contributed by atoms with Gasteiger partial charge in [-0.25, -0.2) is 4.79 Å². The Bertz CT molecular complexity index is 1080. The number of carbonyl (C=O) groups excluding carboxylic acids is 1. The topological polar surface area (TPSA) is 102 Å². The van der Waals surface area contributed by atoms with E-state index in [0.717, 1.165) is 27.8 Å². The third-order valence-electron chi connectivity index (χ3n) is 4.02. The van der Waals surface area contributed by atoms with E-state index in [0.29, 0.717) is 9.75 Å². The van der Waals surface area contributed by atoms with Gasteiger partial charge in [0.05, 0.1) is 9.75 Å². The molecule has 0 saturated heterocycles. The second kappa shape index (κ2) is 7.89. The number of aromatic nitrogens is 1. The van der Waals surface area contributed by atoms with Crippen LogP contribution < -0.4 is 5.32 Å². The van der Waals surface area contributed by atoms with Gasteiger partial charge in [-0.05, 0) is 37.6 Å². The first-order chi connectivity index (χ1) is 13.2. The number of benzene rings is 1. The highest BCUT2D eigenvalue weighted by atomic mass is 32.1. The van der Waals surface area contributed by atoms with Gasteiger partial charge in [-0.3, -0.25) is 4.79 Å². The van der Waals surface area contributed by atoms with Crippen LogP contribution in [0.15, 0.2) is 42.6 Å². The number of aliphatic carboxylic acids is 1. The molecule has 0 aliphatic heterocycles. The molecule has 3 aromatic rings. The van der Waals surface area contributed by atoms with E-state index in [4.69, 9.17) is 0 Å². The minimum Gasteiger partial charge on any atom is -0.480 e. The third kappa shape index (κ3) is 4.80.